The Kier molecular flexibility index (Phi) is 2.72. The molecule has 0 spiro atoms. The van der Waals surface area contributed by atoms with Gasteiger partial charge in [-0.25, -0.2) is 0 Å². The topological polar surface area (TPSA) is 41.9 Å². The summed E-state index contributed by atoms with van der Waals surface area (Å²) in [5.41, 5.74) is 1.12. The van der Waals surface area contributed by atoms with Crippen molar-refractivity contribution >= 4 is 5.69 Å². The van der Waals surface area contributed by atoms with Crippen molar-refractivity contribution in [2.24, 2.45) is 18.9 Å². The summed E-state index contributed by atoms with van der Waals surface area (Å²) in [6.45, 7) is 5.69. The van der Waals surface area contributed by atoms with Crippen LogP contribution in [0.4, 0.5) is 5.69 Å². The van der Waals surface area contributed by atoms with Gasteiger partial charge in [-0.1, -0.05) is 6.92 Å². The molecule has 4 nitrogen and oxygen atoms in total. The second kappa shape index (κ2) is 4.00. The molecule has 0 bridgehead atoms. The second-order valence-corrected chi connectivity index (χ2v) is 4.18. The van der Waals surface area contributed by atoms with Gasteiger partial charge in [0, 0.05) is 19.8 Å². The Bertz CT molecular complexity index is 290. The molecule has 1 aliphatic heterocycles. The van der Waals surface area contributed by atoms with Gasteiger partial charge in [0.2, 0.25) is 0 Å². The maximum absolute atomic E-state index is 4.12. The summed E-state index contributed by atoms with van der Waals surface area (Å²) >= 11 is 0. The molecule has 1 aromatic rings. The number of nitrogens with one attached hydrogen (secondary N) is 2. The molecule has 4 heteroatoms. The van der Waals surface area contributed by atoms with Crippen LogP contribution in [0.5, 0.6) is 0 Å². The zero-order valence-electron chi connectivity index (χ0n) is 8.83. The number of nitrogens with zero attached hydrogens (tertiary/aromatic N) is 2. The lowest BCUT2D eigenvalue weighted by Crippen LogP contribution is -2.46. The molecule has 2 N–H and O–H groups in total. The first-order valence-electron chi connectivity index (χ1n) is 5.19. The molecule has 78 valence electrons. The van der Waals surface area contributed by atoms with Crippen molar-refractivity contribution in [3.05, 3.63) is 12.4 Å². The number of hydrogen-bond donors (Lipinski definition) is 2. The standard InChI is InChI=1S/C10H18N4/c1-8(9-4-11-5-9)3-12-10-6-13-14(2)7-10/h6-9,11-12H,3-5H2,1-2H3. The summed E-state index contributed by atoms with van der Waals surface area (Å²) in [6.07, 6.45) is 3.87. The molecule has 0 amide bonds. The molecular formula is C10H18N4. The highest BCUT2D eigenvalue weighted by Gasteiger charge is 2.22. The maximum atomic E-state index is 4.12. The van der Waals surface area contributed by atoms with E-state index in [1.54, 1.807) is 0 Å². The Labute approximate surface area is 84.7 Å². The summed E-state index contributed by atoms with van der Waals surface area (Å²) in [6, 6.07) is 0. The lowest BCUT2D eigenvalue weighted by atomic mass is 9.89. The third-order valence-corrected chi connectivity index (χ3v) is 2.95. The fourth-order valence-electron chi connectivity index (χ4n) is 1.67. The average molecular weight is 194 g/mol. The Balaban J connectivity index is 1.76. The number of aromatic nitrogens is 2. The van der Waals surface area contributed by atoms with Crippen LogP contribution in [-0.4, -0.2) is 29.4 Å². The summed E-state index contributed by atoms with van der Waals surface area (Å²) in [7, 11) is 1.93. The molecule has 0 aromatic carbocycles. The van der Waals surface area contributed by atoms with E-state index in [1.165, 1.54) is 13.1 Å². The summed E-state index contributed by atoms with van der Waals surface area (Å²) < 4.78 is 1.82. The lowest BCUT2D eigenvalue weighted by Gasteiger charge is -2.32. The van der Waals surface area contributed by atoms with Crippen molar-refractivity contribution in [1.29, 1.82) is 0 Å². The third kappa shape index (κ3) is 2.07. The largest absolute Gasteiger partial charge is 0.382 e. The van der Waals surface area contributed by atoms with E-state index in [0.29, 0.717) is 0 Å². The second-order valence-electron chi connectivity index (χ2n) is 4.18. The van der Waals surface area contributed by atoms with Gasteiger partial charge in [0.1, 0.15) is 0 Å². The van der Waals surface area contributed by atoms with Crippen LogP contribution in [0.1, 0.15) is 6.92 Å². The highest BCUT2D eigenvalue weighted by atomic mass is 15.3. The van der Waals surface area contributed by atoms with Gasteiger partial charge in [-0.3, -0.25) is 4.68 Å². The van der Waals surface area contributed by atoms with Crippen LogP contribution in [0.3, 0.4) is 0 Å². The van der Waals surface area contributed by atoms with Crippen LogP contribution in [0.15, 0.2) is 12.4 Å². The van der Waals surface area contributed by atoms with Gasteiger partial charge in [-0.2, -0.15) is 5.10 Å². The van der Waals surface area contributed by atoms with Gasteiger partial charge in [-0.15, -0.1) is 0 Å². The SMILES string of the molecule is CC(CNc1cnn(C)c1)C1CNC1. The fraction of sp³-hybridized carbons (Fsp3) is 0.700. The molecule has 2 rings (SSSR count). The van der Waals surface area contributed by atoms with Crippen LogP contribution in [0.2, 0.25) is 0 Å². The van der Waals surface area contributed by atoms with E-state index < -0.39 is 0 Å². The molecule has 1 unspecified atom stereocenters. The Morgan fingerprint density at radius 1 is 1.71 bits per heavy atom. The number of anilines is 1. The average Bonchev–Trinajstić information content (AvgIpc) is 2.45. The Hall–Kier alpha value is -1.03. The third-order valence-electron chi connectivity index (χ3n) is 2.95. The van der Waals surface area contributed by atoms with Crippen LogP contribution < -0.4 is 10.6 Å². The van der Waals surface area contributed by atoms with E-state index in [1.807, 2.05) is 24.1 Å². The van der Waals surface area contributed by atoms with Gasteiger partial charge in [0.15, 0.2) is 0 Å². The quantitative estimate of drug-likeness (QED) is 0.741. The van der Waals surface area contributed by atoms with Crippen LogP contribution >= 0.6 is 0 Å². The van der Waals surface area contributed by atoms with E-state index >= 15 is 0 Å². The fourth-order valence-corrected chi connectivity index (χ4v) is 1.67. The minimum Gasteiger partial charge on any atom is -0.382 e. The maximum Gasteiger partial charge on any atom is 0.0726 e. The van der Waals surface area contributed by atoms with E-state index in [2.05, 4.69) is 22.7 Å². The minimum atomic E-state index is 0.733. The van der Waals surface area contributed by atoms with Crippen molar-refractivity contribution in [3.63, 3.8) is 0 Å². The van der Waals surface area contributed by atoms with E-state index in [0.717, 1.165) is 24.1 Å². The first-order chi connectivity index (χ1) is 6.75. The minimum absolute atomic E-state index is 0.733. The molecule has 1 saturated heterocycles. The summed E-state index contributed by atoms with van der Waals surface area (Å²) in [5.74, 6) is 1.58. The normalized spacial score (nSPS) is 19.0. The molecule has 0 aliphatic carbocycles. The molecule has 1 aliphatic rings. The molecule has 1 aromatic heterocycles. The van der Waals surface area contributed by atoms with E-state index in [-0.39, 0.29) is 0 Å². The number of aryl methyl sites for hydroxylation is 1. The monoisotopic (exact) mass is 194 g/mol. The van der Waals surface area contributed by atoms with Gasteiger partial charge in [0.25, 0.3) is 0 Å². The first kappa shape index (κ1) is 9.52. The molecular weight excluding hydrogens is 176 g/mol. The molecule has 0 saturated carbocycles. The van der Waals surface area contributed by atoms with E-state index in [9.17, 15) is 0 Å². The Morgan fingerprint density at radius 2 is 2.50 bits per heavy atom. The van der Waals surface area contributed by atoms with Gasteiger partial charge in [-0.05, 0) is 24.9 Å². The molecule has 0 radical (unpaired) electrons. The predicted octanol–water partition coefficient (Wildman–Crippen LogP) is 0.687. The van der Waals surface area contributed by atoms with Crippen LogP contribution in [0.25, 0.3) is 0 Å². The van der Waals surface area contributed by atoms with E-state index in [4.69, 9.17) is 0 Å². The predicted molar refractivity (Wildman–Crippen MR) is 57.2 cm³/mol. The zero-order valence-corrected chi connectivity index (χ0v) is 8.83. The van der Waals surface area contributed by atoms with Crippen LogP contribution in [0, 0.1) is 11.8 Å². The first-order valence-corrected chi connectivity index (χ1v) is 5.19. The molecule has 14 heavy (non-hydrogen) atoms. The van der Waals surface area contributed by atoms with Crippen molar-refractivity contribution in [1.82, 2.24) is 15.1 Å². The summed E-state index contributed by atoms with van der Waals surface area (Å²) in [5, 5.41) is 10.8. The highest BCUT2D eigenvalue weighted by molar-refractivity contribution is 5.37. The van der Waals surface area contributed by atoms with Gasteiger partial charge < -0.3 is 10.6 Å². The smallest absolute Gasteiger partial charge is 0.0726 e. The molecule has 2 heterocycles. The van der Waals surface area contributed by atoms with Crippen molar-refractivity contribution in [2.75, 3.05) is 25.0 Å². The number of hydrogen-bond acceptors (Lipinski definition) is 3. The molecule has 1 fully saturated rings. The Morgan fingerprint density at radius 3 is 3.00 bits per heavy atom. The van der Waals surface area contributed by atoms with Crippen molar-refractivity contribution in [3.8, 4) is 0 Å². The van der Waals surface area contributed by atoms with Crippen molar-refractivity contribution < 1.29 is 0 Å². The zero-order chi connectivity index (χ0) is 9.97. The molecule has 1 atom stereocenters. The van der Waals surface area contributed by atoms with Crippen molar-refractivity contribution in [2.45, 2.75) is 6.92 Å². The van der Waals surface area contributed by atoms with Gasteiger partial charge >= 0.3 is 0 Å². The highest BCUT2D eigenvalue weighted by Crippen LogP contribution is 2.16. The van der Waals surface area contributed by atoms with Gasteiger partial charge in [0.05, 0.1) is 11.9 Å². The summed E-state index contributed by atoms with van der Waals surface area (Å²) in [4.78, 5) is 0. The number of rotatable bonds is 4. The lowest BCUT2D eigenvalue weighted by molar-refractivity contribution is 0.258. The van der Waals surface area contributed by atoms with Crippen LogP contribution in [-0.2, 0) is 7.05 Å².